The average molecular weight is 253 g/mol. The van der Waals surface area contributed by atoms with Gasteiger partial charge in [0.2, 0.25) is 5.91 Å². The number of benzene rings is 1. The van der Waals surface area contributed by atoms with Gasteiger partial charge in [-0.3, -0.25) is 4.79 Å². The Labute approximate surface area is 107 Å². The van der Waals surface area contributed by atoms with Gasteiger partial charge in [-0.05, 0) is 37.0 Å². The second kappa shape index (κ2) is 8.64. The lowest BCUT2D eigenvalue weighted by atomic mass is 10.1. The SMILES string of the molecule is COCCNC(=O)CCCCc1ccc(F)cc1. The maximum atomic E-state index is 12.7. The molecule has 1 aromatic rings. The van der Waals surface area contributed by atoms with Crippen molar-refractivity contribution in [3.8, 4) is 0 Å². The molecule has 1 rings (SSSR count). The first-order valence-corrected chi connectivity index (χ1v) is 6.22. The van der Waals surface area contributed by atoms with Crippen LogP contribution in [-0.4, -0.2) is 26.2 Å². The number of unbranched alkanes of at least 4 members (excludes halogenated alkanes) is 1. The van der Waals surface area contributed by atoms with E-state index in [9.17, 15) is 9.18 Å². The second-order valence-corrected chi connectivity index (χ2v) is 4.18. The summed E-state index contributed by atoms with van der Waals surface area (Å²) in [5, 5.41) is 2.78. The molecule has 4 heteroatoms. The molecule has 0 saturated carbocycles. The van der Waals surface area contributed by atoms with Crippen molar-refractivity contribution in [2.24, 2.45) is 0 Å². The summed E-state index contributed by atoms with van der Waals surface area (Å²) in [5.41, 5.74) is 1.11. The van der Waals surface area contributed by atoms with E-state index in [4.69, 9.17) is 4.74 Å². The van der Waals surface area contributed by atoms with Crippen LogP contribution in [0.5, 0.6) is 0 Å². The summed E-state index contributed by atoms with van der Waals surface area (Å²) in [6.45, 7) is 1.11. The number of hydrogen-bond donors (Lipinski definition) is 1. The lowest BCUT2D eigenvalue weighted by molar-refractivity contribution is -0.121. The van der Waals surface area contributed by atoms with Crippen molar-refractivity contribution in [1.29, 1.82) is 0 Å². The third kappa shape index (κ3) is 6.35. The number of rotatable bonds is 8. The van der Waals surface area contributed by atoms with Gasteiger partial charge in [-0.1, -0.05) is 12.1 Å². The average Bonchev–Trinajstić information content (AvgIpc) is 2.37. The normalized spacial score (nSPS) is 10.3. The Kier molecular flexibility index (Phi) is 7.03. The van der Waals surface area contributed by atoms with Crippen molar-refractivity contribution in [3.63, 3.8) is 0 Å². The predicted octanol–water partition coefficient (Wildman–Crippen LogP) is 2.30. The molecule has 18 heavy (non-hydrogen) atoms. The van der Waals surface area contributed by atoms with E-state index < -0.39 is 0 Å². The highest BCUT2D eigenvalue weighted by Gasteiger charge is 2.00. The van der Waals surface area contributed by atoms with Crippen molar-refractivity contribution < 1.29 is 13.9 Å². The Morgan fingerprint density at radius 2 is 2.00 bits per heavy atom. The zero-order valence-corrected chi connectivity index (χ0v) is 10.7. The monoisotopic (exact) mass is 253 g/mol. The fraction of sp³-hybridized carbons (Fsp3) is 0.500. The molecule has 0 heterocycles. The van der Waals surface area contributed by atoms with E-state index in [1.54, 1.807) is 19.2 Å². The molecule has 0 aromatic heterocycles. The molecule has 0 aliphatic rings. The van der Waals surface area contributed by atoms with Gasteiger partial charge in [-0.2, -0.15) is 0 Å². The first-order chi connectivity index (χ1) is 8.72. The molecule has 0 radical (unpaired) electrons. The first-order valence-electron chi connectivity index (χ1n) is 6.22. The number of hydrogen-bond acceptors (Lipinski definition) is 2. The molecule has 100 valence electrons. The van der Waals surface area contributed by atoms with Crippen LogP contribution >= 0.6 is 0 Å². The molecule has 1 aromatic carbocycles. The van der Waals surface area contributed by atoms with Crippen LogP contribution in [0.2, 0.25) is 0 Å². The van der Waals surface area contributed by atoms with Gasteiger partial charge in [0.1, 0.15) is 5.82 Å². The smallest absolute Gasteiger partial charge is 0.220 e. The number of nitrogens with one attached hydrogen (secondary N) is 1. The van der Waals surface area contributed by atoms with Gasteiger partial charge in [0.25, 0.3) is 0 Å². The van der Waals surface area contributed by atoms with Crippen LogP contribution in [0, 0.1) is 5.82 Å². The zero-order valence-electron chi connectivity index (χ0n) is 10.7. The number of aryl methyl sites for hydroxylation is 1. The molecular formula is C14H20FNO2. The lowest BCUT2D eigenvalue weighted by Gasteiger charge is -2.04. The molecule has 0 saturated heterocycles. The molecule has 1 N–H and O–H groups in total. The van der Waals surface area contributed by atoms with Gasteiger partial charge >= 0.3 is 0 Å². The van der Waals surface area contributed by atoms with Crippen LogP contribution in [-0.2, 0) is 16.0 Å². The summed E-state index contributed by atoms with van der Waals surface area (Å²) in [6.07, 6.45) is 3.19. The maximum Gasteiger partial charge on any atom is 0.220 e. The summed E-state index contributed by atoms with van der Waals surface area (Å²) in [6, 6.07) is 6.50. The van der Waals surface area contributed by atoms with Crippen molar-refractivity contribution >= 4 is 5.91 Å². The van der Waals surface area contributed by atoms with Gasteiger partial charge in [-0.15, -0.1) is 0 Å². The number of carbonyl (C=O) groups is 1. The van der Waals surface area contributed by atoms with Gasteiger partial charge < -0.3 is 10.1 Å². The zero-order chi connectivity index (χ0) is 13.2. The maximum absolute atomic E-state index is 12.7. The third-order valence-corrected chi connectivity index (χ3v) is 2.66. The number of methoxy groups -OCH3 is 1. The van der Waals surface area contributed by atoms with Crippen molar-refractivity contribution in [3.05, 3.63) is 35.6 Å². The molecule has 0 aliphatic heterocycles. The minimum absolute atomic E-state index is 0.0613. The van der Waals surface area contributed by atoms with E-state index in [2.05, 4.69) is 5.32 Å². The summed E-state index contributed by atoms with van der Waals surface area (Å²) in [5.74, 6) is -0.151. The van der Waals surface area contributed by atoms with Crippen molar-refractivity contribution in [2.45, 2.75) is 25.7 Å². The van der Waals surface area contributed by atoms with Crippen LogP contribution in [0.1, 0.15) is 24.8 Å². The molecule has 0 spiro atoms. The Balaban J connectivity index is 2.07. The fourth-order valence-electron chi connectivity index (χ4n) is 1.65. The number of ether oxygens (including phenoxy) is 1. The third-order valence-electron chi connectivity index (χ3n) is 2.66. The van der Waals surface area contributed by atoms with E-state index in [1.807, 2.05) is 0 Å². The lowest BCUT2D eigenvalue weighted by Crippen LogP contribution is -2.26. The Bertz CT molecular complexity index is 351. The van der Waals surface area contributed by atoms with E-state index >= 15 is 0 Å². The quantitative estimate of drug-likeness (QED) is 0.722. The van der Waals surface area contributed by atoms with E-state index in [0.29, 0.717) is 19.6 Å². The summed E-state index contributed by atoms with van der Waals surface area (Å²) in [7, 11) is 1.61. The molecule has 1 amide bonds. The van der Waals surface area contributed by atoms with E-state index in [-0.39, 0.29) is 11.7 Å². The van der Waals surface area contributed by atoms with Crippen molar-refractivity contribution in [2.75, 3.05) is 20.3 Å². The number of carbonyl (C=O) groups excluding carboxylic acids is 1. The minimum Gasteiger partial charge on any atom is -0.383 e. The molecular weight excluding hydrogens is 233 g/mol. The van der Waals surface area contributed by atoms with Gasteiger partial charge in [0.05, 0.1) is 6.61 Å². The minimum atomic E-state index is -0.212. The summed E-state index contributed by atoms with van der Waals surface area (Å²) >= 11 is 0. The van der Waals surface area contributed by atoms with Crippen LogP contribution in [0.4, 0.5) is 4.39 Å². The van der Waals surface area contributed by atoms with E-state index in [1.165, 1.54) is 12.1 Å². The standard InChI is InChI=1S/C14H20FNO2/c1-18-11-10-16-14(17)5-3-2-4-12-6-8-13(15)9-7-12/h6-9H,2-5,10-11H2,1H3,(H,16,17). The summed E-state index contributed by atoms with van der Waals surface area (Å²) < 4.78 is 17.5. The summed E-state index contributed by atoms with van der Waals surface area (Å²) in [4.78, 5) is 11.4. The van der Waals surface area contributed by atoms with Crippen LogP contribution < -0.4 is 5.32 Å². The molecule has 0 unspecified atom stereocenters. The van der Waals surface area contributed by atoms with Gasteiger partial charge in [-0.25, -0.2) is 4.39 Å². The molecule has 3 nitrogen and oxygen atoms in total. The van der Waals surface area contributed by atoms with Crippen LogP contribution in [0.3, 0.4) is 0 Å². The first kappa shape index (κ1) is 14.6. The highest BCUT2D eigenvalue weighted by molar-refractivity contribution is 5.75. The Hall–Kier alpha value is -1.42. The fourth-order valence-corrected chi connectivity index (χ4v) is 1.65. The number of halogens is 1. The predicted molar refractivity (Wildman–Crippen MR) is 68.8 cm³/mol. The van der Waals surface area contributed by atoms with Crippen molar-refractivity contribution in [1.82, 2.24) is 5.32 Å². The molecule has 0 fully saturated rings. The second-order valence-electron chi connectivity index (χ2n) is 4.18. The van der Waals surface area contributed by atoms with Crippen LogP contribution in [0.25, 0.3) is 0 Å². The Morgan fingerprint density at radius 1 is 1.28 bits per heavy atom. The highest BCUT2D eigenvalue weighted by Crippen LogP contribution is 2.07. The largest absolute Gasteiger partial charge is 0.383 e. The molecule has 0 atom stereocenters. The molecule has 0 aliphatic carbocycles. The Morgan fingerprint density at radius 3 is 2.67 bits per heavy atom. The molecule has 0 bridgehead atoms. The highest BCUT2D eigenvalue weighted by atomic mass is 19.1. The van der Waals surface area contributed by atoms with E-state index in [0.717, 1.165) is 24.8 Å². The van der Waals surface area contributed by atoms with Gasteiger partial charge in [0, 0.05) is 20.1 Å². The van der Waals surface area contributed by atoms with Gasteiger partial charge in [0.15, 0.2) is 0 Å². The van der Waals surface area contributed by atoms with Crippen LogP contribution in [0.15, 0.2) is 24.3 Å². The topological polar surface area (TPSA) is 38.3 Å². The number of amides is 1.